The van der Waals surface area contributed by atoms with Crippen LogP contribution in [-0.2, 0) is 13.0 Å². The number of aliphatic imine (C=N–C) groups is 1. The molecular formula is C23H36IN5S. The fourth-order valence-electron chi connectivity index (χ4n) is 3.58. The topological polar surface area (TPSA) is 52.6 Å². The van der Waals surface area contributed by atoms with E-state index in [4.69, 9.17) is 9.98 Å². The molecule has 1 saturated heterocycles. The molecule has 0 atom stereocenters. The van der Waals surface area contributed by atoms with Crippen LogP contribution in [0.1, 0.15) is 55.8 Å². The van der Waals surface area contributed by atoms with Gasteiger partial charge in [0.2, 0.25) is 0 Å². The average molecular weight is 542 g/mol. The Balaban J connectivity index is 0.00000320. The number of nitrogens with one attached hydrogen (secondary N) is 2. The van der Waals surface area contributed by atoms with Gasteiger partial charge in [-0.05, 0) is 25.3 Å². The smallest absolute Gasteiger partial charge is 0.191 e. The Bertz CT molecular complexity index is 754. The highest BCUT2D eigenvalue weighted by molar-refractivity contribution is 14.0. The molecule has 2 heterocycles. The largest absolute Gasteiger partial charge is 0.357 e. The lowest BCUT2D eigenvalue weighted by molar-refractivity contribution is 0.198. The molecule has 0 aliphatic carbocycles. The van der Waals surface area contributed by atoms with Gasteiger partial charge in [0, 0.05) is 56.5 Å². The Labute approximate surface area is 202 Å². The fraction of sp³-hybridized carbons (Fsp3) is 0.565. The fourth-order valence-corrected chi connectivity index (χ4v) is 4.44. The van der Waals surface area contributed by atoms with Gasteiger partial charge in [-0.1, -0.05) is 44.2 Å². The summed E-state index contributed by atoms with van der Waals surface area (Å²) in [6.07, 6.45) is 3.21. The van der Waals surface area contributed by atoms with Crippen molar-refractivity contribution in [2.45, 2.75) is 58.5 Å². The minimum atomic E-state index is 0. The Morgan fingerprint density at radius 2 is 1.97 bits per heavy atom. The van der Waals surface area contributed by atoms with Crippen LogP contribution in [0.4, 0.5) is 0 Å². The molecule has 0 amide bonds. The average Bonchev–Trinajstić information content (AvgIpc) is 3.20. The first-order chi connectivity index (χ1) is 14.1. The summed E-state index contributed by atoms with van der Waals surface area (Å²) in [5.74, 6) is 1.44. The maximum atomic E-state index is 4.79. The molecule has 166 valence electrons. The van der Waals surface area contributed by atoms with E-state index < -0.39 is 0 Å². The maximum Gasteiger partial charge on any atom is 0.191 e. The molecule has 0 saturated carbocycles. The van der Waals surface area contributed by atoms with Crippen molar-refractivity contribution in [2.75, 3.05) is 26.2 Å². The van der Waals surface area contributed by atoms with Gasteiger partial charge in [0.15, 0.2) is 5.96 Å². The van der Waals surface area contributed by atoms with E-state index in [1.807, 2.05) is 0 Å². The third-order valence-electron chi connectivity index (χ3n) is 5.22. The number of aromatic nitrogens is 1. The summed E-state index contributed by atoms with van der Waals surface area (Å²) in [6, 6.07) is 11.3. The monoisotopic (exact) mass is 541 g/mol. The second-order valence-electron chi connectivity index (χ2n) is 8.02. The van der Waals surface area contributed by atoms with Crippen LogP contribution in [0.25, 0.3) is 0 Å². The molecule has 0 radical (unpaired) electrons. The van der Waals surface area contributed by atoms with Crippen LogP contribution in [0.3, 0.4) is 0 Å². The zero-order valence-corrected chi connectivity index (χ0v) is 21.6. The number of piperidine rings is 1. The van der Waals surface area contributed by atoms with Gasteiger partial charge in [0.25, 0.3) is 0 Å². The van der Waals surface area contributed by atoms with Crippen LogP contribution in [0.2, 0.25) is 0 Å². The molecule has 0 spiro atoms. The van der Waals surface area contributed by atoms with Crippen LogP contribution < -0.4 is 10.6 Å². The molecule has 7 heteroatoms. The molecular weight excluding hydrogens is 505 g/mol. The highest BCUT2D eigenvalue weighted by atomic mass is 127. The number of rotatable bonds is 8. The van der Waals surface area contributed by atoms with Gasteiger partial charge in [-0.3, -0.25) is 9.89 Å². The van der Waals surface area contributed by atoms with Gasteiger partial charge < -0.3 is 10.6 Å². The molecule has 5 nitrogen and oxygen atoms in total. The van der Waals surface area contributed by atoms with Crippen molar-refractivity contribution in [3.8, 4) is 0 Å². The number of benzene rings is 1. The Kier molecular flexibility index (Phi) is 11.1. The summed E-state index contributed by atoms with van der Waals surface area (Å²) in [4.78, 5) is 12.1. The normalized spacial score (nSPS) is 15.8. The predicted octanol–water partition coefficient (Wildman–Crippen LogP) is 4.65. The van der Waals surface area contributed by atoms with Crippen molar-refractivity contribution in [3.05, 3.63) is 52.0 Å². The first-order valence-corrected chi connectivity index (χ1v) is 11.8. The summed E-state index contributed by atoms with van der Waals surface area (Å²) >= 11 is 1.76. The molecule has 1 aliphatic rings. The van der Waals surface area contributed by atoms with Gasteiger partial charge in [-0.2, -0.15) is 0 Å². The lowest BCUT2D eigenvalue weighted by atomic mass is 10.0. The highest BCUT2D eigenvalue weighted by Gasteiger charge is 2.20. The molecule has 30 heavy (non-hydrogen) atoms. The first-order valence-electron chi connectivity index (χ1n) is 10.9. The highest BCUT2D eigenvalue weighted by Crippen LogP contribution is 2.19. The summed E-state index contributed by atoms with van der Waals surface area (Å²) in [5.41, 5.74) is 2.56. The van der Waals surface area contributed by atoms with E-state index in [0.29, 0.717) is 12.0 Å². The van der Waals surface area contributed by atoms with Crippen LogP contribution >= 0.6 is 35.3 Å². The van der Waals surface area contributed by atoms with Crippen LogP contribution in [-0.4, -0.2) is 48.1 Å². The van der Waals surface area contributed by atoms with Crippen LogP contribution in [0.15, 0.2) is 40.7 Å². The van der Waals surface area contributed by atoms with E-state index in [1.165, 1.54) is 10.6 Å². The zero-order valence-electron chi connectivity index (χ0n) is 18.4. The quantitative estimate of drug-likeness (QED) is 0.291. The van der Waals surface area contributed by atoms with Gasteiger partial charge in [-0.15, -0.1) is 35.3 Å². The number of hydrogen-bond donors (Lipinski definition) is 2. The summed E-state index contributed by atoms with van der Waals surface area (Å²) < 4.78 is 0. The van der Waals surface area contributed by atoms with Crippen LogP contribution in [0.5, 0.6) is 0 Å². The second kappa shape index (κ2) is 13.3. The van der Waals surface area contributed by atoms with Crippen molar-refractivity contribution >= 4 is 41.3 Å². The molecule has 0 unspecified atom stereocenters. The molecule has 3 rings (SSSR count). The number of hydrogen-bond acceptors (Lipinski definition) is 4. The molecule has 1 fully saturated rings. The van der Waals surface area contributed by atoms with Crippen molar-refractivity contribution < 1.29 is 0 Å². The number of halogens is 1. The van der Waals surface area contributed by atoms with E-state index in [9.17, 15) is 0 Å². The Morgan fingerprint density at radius 1 is 1.23 bits per heavy atom. The van der Waals surface area contributed by atoms with E-state index in [1.54, 1.807) is 11.3 Å². The number of thiazole rings is 1. The van der Waals surface area contributed by atoms with E-state index >= 15 is 0 Å². The lowest BCUT2D eigenvalue weighted by Gasteiger charge is -2.33. The summed E-state index contributed by atoms with van der Waals surface area (Å²) in [5, 5.41) is 10.4. The van der Waals surface area contributed by atoms with Gasteiger partial charge in [0.1, 0.15) is 0 Å². The standard InChI is InChI=1S/C23H35N5S.HI/c1-4-24-23(25-13-10-21-17-29-22(26-21)18(2)3)27-20-11-14-28(15-12-20)16-19-8-6-5-7-9-19;/h5-9,17-18,20H,4,10-16H2,1-3H3,(H2,24,25,27);1H. The second-order valence-corrected chi connectivity index (χ2v) is 8.91. The number of likely N-dealkylation sites (tertiary alicyclic amines) is 1. The summed E-state index contributed by atoms with van der Waals surface area (Å²) in [6.45, 7) is 11.5. The zero-order chi connectivity index (χ0) is 20.5. The summed E-state index contributed by atoms with van der Waals surface area (Å²) in [7, 11) is 0. The molecule has 2 N–H and O–H groups in total. The first kappa shape index (κ1) is 25.1. The van der Waals surface area contributed by atoms with E-state index in [0.717, 1.165) is 63.6 Å². The van der Waals surface area contributed by atoms with Gasteiger partial charge in [0.05, 0.1) is 10.7 Å². The van der Waals surface area contributed by atoms with Crippen molar-refractivity contribution in [1.82, 2.24) is 20.5 Å². The Morgan fingerprint density at radius 3 is 2.60 bits per heavy atom. The van der Waals surface area contributed by atoms with Gasteiger partial charge in [-0.25, -0.2) is 4.98 Å². The molecule has 1 aliphatic heterocycles. The maximum absolute atomic E-state index is 4.79. The minimum absolute atomic E-state index is 0. The third kappa shape index (κ3) is 8.15. The van der Waals surface area contributed by atoms with Gasteiger partial charge >= 0.3 is 0 Å². The Hall–Kier alpha value is -1.19. The SMILES string of the molecule is CCNC(=NCCc1csc(C(C)C)n1)NC1CCN(Cc2ccccc2)CC1.I. The third-order valence-corrected chi connectivity index (χ3v) is 6.42. The van der Waals surface area contributed by atoms with E-state index in [-0.39, 0.29) is 24.0 Å². The molecule has 0 bridgehead atoms. The van der Waals surface area contributed by atoms with Crippen molar-refractivity contribution in [1.29, 1.82) is 0 Å². The molecule has 1 aromatic heterocycles. The van der Waals surface area contributed by atoms with Crippen LogP contribution in [0, 0.1) is 0 Å². The number of guanidine groups is 1. The molecule has 1 aromatic carbocycles. The number of nitrogens with zero attached hydrogens (tertiary/aromatic N) is 3. The predicted molar refractivity (Wildman–Crippen MR) is 139 cm³/mol. The van der Waals surface area contributed by atoms with Crippen molar-refractivity contribution in [2.24, 2.45) is 4.99 Å². The minimum Gasteiger partial charge on any atom is -0.357 e. The van der Waals surface area contributed by atoms with Crippen molar-refractivity contribution in [3.63, 3.8) is 0 Å². The lowest BCUT2D eigenvalue weighted by Crippen LogP contribution is -2.48. The van der Waals surface area contributed by atoms with E-state index in [2.05, 4.69) is 72.0 Å². The molecule has 2 aromatic rings.